The first-order chi connectivity index (χ1) is 12.5. The van der Waals surface area contributed by atoms with E-state index in [0.29, 0.717) is 27.5 Å². The maximum atomic E-state index is 13.3. The summed E-state index contributed by atoms with van der Waals surface area (Å²) in [5.74, 6) is -1.36. The molecule has 130 valence electrons. The molecule has 2 N–H and O–H groups in total. The van der Waals surface area contributed by atoms with Crippen molar-refractivity contribution in [2.75, 3.05) is 0 Å². The number of hydrogen-bond acceptors (Lipinski definition) is 3. The van der Waals surface area contributed by atoms with Crippen molar-refractivity contribution in [2.24, 2.45) is 0 Å². The van der Waals surface area contributed by atoms with Crippen LogP contribution in [0.4, 0.5) is 4.39 Å². The molecule has 0 bridgehead atoms. The Morgan fingerprint density at radius 2 is 1.92 bits per heavy atom. The van der Waals surface area contributed by atoms with E-state index in [2.05, 4.69) is 10.1 Å². The molecule has 7 heteroatoms. The number of fused-ring (bicyclic) bond motifs is 2. The zero-order chi connectivity index (χ0) is 18.3. The van der Waals surface area contributed by atoms with Gasteiger partial charge in [-0.1, -0.05) is 18.2 Å². The number of rotatable bonds is 4. The van der Waals surface area contributed by atoms with Crippen LogP contribution >= 0.6 is 0 Å². The molecule has 6 nitrogen and oxygen atoms in total. The normalized spacial score (nSPS) is 11.3. The second-order valence-corrected chi connectivity index (χ2v) is 6.05. The molecular formula is C19H14FN3O3. The first-order valence-corrected chi connectivity index (χ1v) is 7.99. The number of aliphatic carboxylic acids is 1. The summed E-state index contributed by atoms with van der Waals surface area (Å²) in [7, 11) is 0. The van der Waals surface area contributed by atoms with E-state index < -0.39 is 5.97 Å². The number of nitrogens with one attached hydrogen (secondary N) is 1. The number of nitrogens with zero attached hydrogens (tertiary/aromatic N) is 2. The molecule has 0 aliphatic heterocycles. The third kappa shape index (κ3) is 2.83. The van der Waals surface area contributed by atoms with Crippen molar-refractivity contribution in [3.05, 3.63) is 76.1 Å². The summed E-state index contributed by atoms with van der Waals surface area (Å²) in [5, 5.41) is 15.0. The Balaban J connectivity index is 1.83. The van der Waals surface area contributed by atoms with Crippen LogP contribution in [0.2, 0.25) is 0 Å². The van der Waals surface area contributed by atoms with E-state index in [9.17, 15) is 14.0 Å². The molecule has 26 heavy (non-hydrogen) atoms. The predicted octanol–water partition coefficient (Wildman–Crippen LogP) is 2.69. The minimum Gasteiger partial charge on any atom is -0.481 e. The summed E-state index contributed by atoms with van der Waals surface area (Å²) in [6.07, 6.45) is -0.279. The van der Waals surface area contributed by atoms with Gasteiger partial charge in [-0.2, -0.15) is 5.10 Å². The van der Waals surface area contributed by atoms with Crippen molar-refractivity contribution in [3.8, 4) is 0 Å². The Morgan fingerprint density at radius 1 is 1.15 bits per heavy atom. The second kappa shape index (κ2) is 6.11. The van der Waals surface area contributed by atoms with Crippen LogP contribution in [0.5, 0.6) is 0 Å². The first-order valence-electron chi connectivity index (χ1n) is 7.99. The SMILES string of the molecule is O=C(O)Cc1nn(Cc2cc3cc(F)ccc3[nH]2)c(=O)c2ccccc12. The highest BCUT2D eigenvalue weighted by Crippen LogP contribution is 2.18. The van der Waals surface area contributed by atoms with Gasteiger partial charge in [-0.25, -0.2) is 9.07 Å². The molecule has 0 saturated heterocycles. The zero-order valence-corrected chi connectivity index (χ0v) is 13.6. The van der Waals surface area contributed by atoms with Crippen LogP contribution in [0.15, 0.2) is 53.3 Å². The number of H-pyrrole nitrogens is 1. The van der Waals surface area contributed by atoms with Gasteiger partial charge < -0.3 is 10.1 Å². The number of benzene rings is 2. The van der Waals surface area contributed by atoms with Crippen LogP contribution in [0.1, 0.15) is 11.4 Å². The van der Waals surface area contributed by atoms with Gasteiger partial charge in [0.15, 0.2) is 0 Å². The van der Waals surface area contributed by atoms with Gasteiger partial charge in [0, 0.05) is 22.0 Å². The van der Waals surface area contributed by atoms with E-state index in [1.807, 2.05) is 0 Å². The van der Waals surface area contributed by atoms with Crippen LogP contribution in [-0.2, 0) is 17.8 Å². The van der Waals surface area contributed by atoms with Gasteiger partial charge in [-0.05, 0) is 30.3 Å². The first kappa shape index (κ1) is 16.0. The van der Waals surface area contributed by atoms with Crippen LogP contribution in [0.25, 0.3) is 21.7 Å². The quantitative estimate of drug-likeness (QED) is 0.592. The fourth-order valence-corrected chi connectivity index (χ4v) is 3.10. The lowest BCUT2D eigenvalue weighted by Crippen LogP contribution is -2.26. The number of aromatic amines is 1. The van der Waals surface area contributed by atoms with E-state index in [4.69, 9.17) is 5.11 Å². The van der Waals surface area contributed by atoms with Gasteiger partial charge in [-0.15, -0.1) is 0 Å². The monoisotopic (exact) mass is 351 g/mol. The van der Waals surface area contributed by atoms with Crippen molar-refractivity contribution >= 4 is 27.6 Å². The number of aromatic nitrogens is 3. The van der Waals surface area contributed by atoms with Crippen LogP contribution in [0, 0.1) is 5.82 Å². The van der Waals surface area contributed by atoms with E-state index in [1.165, 1.54) is 16.8 Å². The number of carboxylic acids is 1. The minimum absolute atomic E-state index is 0.132. The minimum atomic E-state index is -1.02. The van der Waals surface area contributed by atoms with Crippen molar-refractivity contribution < 1.29 is 14.3 Å². The number of halogens is 1. The molecule has 0 atom stereocenters. The van der Waals surface area contributed by atoms with Crippen molar-refractivity contribution in [3.63, 3.8) is 0 Å². The maximum Gasteiger partial charge on any atom is 0.309 e. The van der Waals surface area contributed by atoms with Gasteiger partial charge in [-0.3, -0.25) is 9.59 Å². The van der Waals surface area contributed by atoms with E-state index in [1.54, 1.807) is 36.4 Å². The van der Waals surface area contributed by atoms with Gasteiger partial charge >= 0.3 is 5.97 Å². The standard InChI is InChI=1S/C19H14FN3O3/c20-12-5-6-16-11(7-12)8-13(21-16)10-23-19(26)15-4-2-1-3-14(15)17(22-23)9-18(24)25/h1-8,21H,9-10H2,(H,24,25). The molecule has 2 aromatic carbocycles. The summed E-state index contributed by atoms with van der Waals surface area (Å²) in [5.41, 5.74) is 1.45. The Labute approximate surface area is 146 Å². The molecule has 0 unspecified atom stereocenters. The molecule has 0 amide bonds. The summed E-state index contributed by atoms with van der Waals surface area (Å²) in [6.45, 7) is 0.132. The Morgan fingerprint density at radius 3 is 2.69 bits per heavy atom. The number of hydrogen-bond donors (Lipinski definition) is 2. The lowest BCUT2D eigenvalue weighted by Gasteiger charge is -2.09. The highest BCUT2D eigenvalue weighted by atomic mass is 19.1. The van der Waals surface area contributed by atoms with Crippen LogP contribution in [-0.4, -0.2) is 25.8 Å². The molecule has 2 aromatic heterocycles. The molecule has 0 fully saturated rings. The van der Waals surface area contributed by atoms with Crippen molar-refractivity contribution in [2.45, 2.75) is 13.0 Å². The number of carboxylic acid groups (broad SMARTS) is 1. The Hall–Kier alpha value is -3.48. The van der Waals surface area contributed by atoms with Gasteiger partial charge in [0.25, 0.3) is 5.56 Å². The molecule has 4 rings (SSSR count). The largest absolute Gasteiger partial charge is 0.481 e. The van der Waals surface area contributed by atoms with Gasteiger partial charge in [0.2, 0.25) is 0 Å². The molecule has 2 heterocycles. The summed E-state index contributed by atoms with van der Waals surface area (Å²) >= 11 is 0. The van der Waals surface area contributed by atoms with E-state index in [-0.39, 0.29) is 24.3 Å². The lowest BCUT2D eigenvalue weighted by molar-refractivity contribution is -0.136. The summed E-state index contributed by atoms with van der Waals surface area (Å²) in [4.78, 5) is 27.0. The maximum absolute atomic E-state index is 13.3. The topological polar surface area (TPSA) is 88.0 Å². The molecule has 0 spiro atoms. The number of carbonyl (C=O) groups is 1. The summed E-state index contributed by atoms with van der Waals surface area (Å²) < 4.78 is 14.6. The van der Waals surface area contributed by atoms with Crippen molar-refractivity contribution in [1.82, 2.24) is 14.8 Å². The average molecular weight is 351 g/mol. The van der Waals surface area contributed by atoms with Crippen molar-refractivity contribution in [1.29, 1.82) is 0 Å². The van der Waals surface area contributed by atoms with Crippen LogP contribution < -0.4 is 5.56 Å². The Bertz CT molecular complexity index is 1210. The summed E-state index contributed by atoms with van der Waals surface area (Å²) in [6, 6.07) is 12.9. The lowest BCUT2D eigenvalue weighted by atomic mass is 10.1. The fraction of sp³-hybridized carbons (Fsp3) is 0.105. The van der Waals surface area contributed by atoms with E-state index in [0.717, 1.165) is 5.52 Å². The average Bonchev–Trinajstić information content (AvgIpc) is 3.00. The van der Waals surface area contributed by atoms with Gasteiger partial charge in [0.05, 0.1) is 24.0 Å². The molecule has 0 saturated carbocycles. The van der Waals surface area contributed by atoms with E-state index >= 15 is 0 Å². The van der Waals surface area contributed by atoms with Crippen LogP contribution in [0.3, 0.4) is 0 Å². The third-order valence-corrected chi connectivity index (χ3v) is 4.22. The fourth-order valence-electron chi connectivity index (χ4n) is 3.10. The third-order valence-electron chi connectivity index (χ3n) is 4.22. The predicted molar refractivity (Wildman–Crippen MR) is 94.7 cm³/mol. The highest BCUT2D eigenvalue weighted by molar-refractivity contribution is 5.86. The molecule has 4 aromatic rings. The van der Waals surface area contributed by atoms with Gasteiger partial charge in [0.1, 0.15) is 5.82 Å². The molecule has 0 aliphatic carbocycles. The second-order valence-electron chi connectivity index (χ2n) is 6.05. The zero-order valence-electron chi connectivity index (χ0n) is 13.6. The highest BCUT2D eigenvalue weighted by Gasteiger charge is 2.14. The Kier molecular flexibility index (Phi) is 3.76. The molecular weight excluding hydrogens is 337 g/mol. The molecule has 0 radical (unpaired) electrons. The smallest absolute Gasteiger partial charge is 0.309 e. The molecule has 0 aliphatic rings.